The van der Waals surface area contributed by atoms with Gasteiger partial charge in [-0.3, -0.25) is 19.9 Å². The van der Waals surface area contributed by atoms with Crippen molar-refractivity contribution in [1.82, 2.24) is 10.9 Å². The molecule has 2 amide bonds. The van der Waals surface area contributed by atoms with Crippen LogP contribution in [0.2, 0.25) is 0 Å². The van der Waals surface area contributed by atoms with E-state index in [1.54, 1.807) is 24.1 Å². The van der Waals surface area contributed by atoms with Gasteiger partial charge >= 0.3 is 0 Å². The fourth-order valence-electron chi connectivity index (χ4n) is 3.48. The molecule has 2 aromatic rings. The zero-order valence-corrected chi connectivity index (χ0v) is 18.5. The summed E-state index contributed by atoms with van der Waals surface area (Å²) in [7, 11) is 1.60. The number of amidine groups is 1. The highest BCUT2D eigenvalue weighted by atomic mass is 32.2. The van der Waals surface area contributed by atoms with Crippen LogP contribution in [0, 0.1) is 19.8 Å². The van der Waals surface area contributed by atoms with E-state index in [2.05, 4.69) is 16.2 Å². The van der Waals surface area contributed by atoms with Gasteiger partial charge in [-0.2, -0.15) is 0 Å². The smallest absolute Gasteiger partial charge is 0.241 e. The molecule has 2 heterocycles. The Morgan fingerprint density at radius 3 is 2.71 bits per heavy atom. The molecule has 1 saturated heterocycles. The third-order valence-corrected chi connectivity index (χ3v) is 6.34. The molecule has 0 bridgehead atoms. The number of rotatable bonds is 5. The van der Waals surface area contributed by atoms with Gasteiger partial charge in [0.1, 0.15) is 11.9 Å². The maximum absolute atomic E-state index is 13.2. The molecule has 4 rings (SSSR count). The van der Waals surface area contributed by atoms with Crippen LogP contribution in [-0.2, 0) is 9.59 Å². The lowest BCUT2D eigenvalue weighted by Gasteiger charge is -2.32. The Morgan fingerprint density at radius 1 is 1.23 bits per heavy atom. The number of hydrogen-bond acceptors (Lipinski definition) is 7. The van der Waals surface area contributed by atoms with Gasteiger partial charge in [0.2, 0.25) is 11.8 Å². The summed E-state index contributed by atoms with van der Waals surface area (Å²) in [5.74, 6) is 0.332. The quantitative estimate of drug-likeness (QED) is 0.663. The van der Waals surface area contributed by atoms with Gasteiger partial charge in [-0.1, -0.05) is 17.8 Å². The number of thioether (sulfide) groups is 1. The number of nitrogens with zero attached hydrogens (tertiary/aromatic N) is 2. The summed E-state index contributed by atoms with van der Waals surface area (Å²) in [5.41, 5.74) is 9.76. The van der Waals surface area contributed by atoms with Gasteiger partial charge in [-0.15, -0.1) is 0 Å². The Bertz CT molecular complexity index is 1020. The highest BCUT2D eigenvalue weighted by Gasteiger charge is 2.42. The number of anilines is 2. The fraction of sp³-hybridized carbons (Fsp3) is 0.318. The molecule has 2 atom stereocenters. The van der Waals surface area contributed by atoms with Crippen molar-refractivity contribution in [3.05, 3.63) is 53.6 Å². The Kier molecular flexibility index (Phi) is 6.26. The summed E-state index contributed by atoms with van der Waals surface area (Å²) in [6, 6.07) is 13.0. The van der Waals surface area contributed by atoms with Gasteiger partial charge in [0.15, 0.2) is 5.17 Å². The molecule has 0 radical (unpaired) electrons. The summed E-state index contributed by atoms with van der Waals surface area (Å²) in [5, 5.41) is 3.40. The highest BCUT2D eigenvalue weighted by molar-refractivity contribution is 8.14. The lowest BCUT2D eigenvalue weighted by molar-refractivity contribution is -0.121. The van der Waals surface area contributed by atoms with Crippen molar-refractivity contribution in [2.24, 2.45) is 10.9 Å². The molecule has 2 aromatic carbocycles. The second-order valence-corrected chi connectivity index (χ2v) is 8.44. The number of fused-ring (bicyclic) bond motifs is 1. The molecule has 0 aliphatic carbocycles. The zero-order valence-electron chi connectivity index (χ0n) is 17.6. The summed E-state index contributed by atoms with van der Waals surface area (Å²) in [6.07, 6.45) is -0.340. The third kappa shape index (κ3) is 4.58. The van der Waals surface area contributed by atoms with E-state index in [9.17, 15) is 9.59 Å². The molecule has 9 heteroatoms. The molecule has 31 heavy (non-hydrogen) atoms. The number of aliphatic imine (C=N–C) groups is 1. The van der Waals surface area contributed by atoms with Crippen LogP contribution in [0.5, 0.6) is 5.75 Å². The molecule has 2 aliphatic heterocycles. The van der Waals surface area contributed by atoms with Crippen molar-refractivity contribution in [3.8, 4) is 5.75 Å². The van der Waals surface area contributed by atoms with Gasteiger partial charge in [0.05, 0.1) is 24.5 Å². The first kappa shape index (κ1) is 21.4. The van der Waals surface area contributed by atoms with Crippen molar-refractivity contribution >= 4 is 40.1 Å². The molecule has 0 aromatic heterocycles. The van der Waals surface area contributed by atoms with E-state index in [-0.39, 0.29) is 29.7 Å². The van der Waals surface area contributed by atoms with Crippen LogP contribution in [0.4, 0.5) is 11.4 Å². The van der Waals surface area contributed by atoms with Gasteiger partial charge < -0.3 is 10.1 Å². The van der Waals surface area contributed by atoms with Crippen LogP contribution in [0.1, 0.15) is 11.1 Å². The van der Waals surface area contributed by atoms with Gasteiger partial charge in [-0.05, 0) is 61.4 Å². The van der Waals surface area contributed by atoms with Crippen molar-refractivity contribution in [2.45, 2.75) is 20.0 Å². The summed E-state index contributed by atoms with van der Waals surface area (Å²) in [4.78, 5) is 32.0. The van der Waals surface area contributed by atoms with Crippen molar-refractivity contribution < 1.29 is 14.3 Å². The predicted octanol–water partition coefficient (Wildman–Crippen LogP) is 2.44. The molecular formula is C22H25N5O3S. The number of amides is 2. The lowest BCUT2D eigenvalue weighted by Crippen LogP contribution is -2.49. The Hall–Kier alpha value is -2.88. The molecule has 0 saturated carbocycles. The third-order valence-electron chi connectivity index (χ3n) is 5.39. The van der Waals surface area contributed by atoms with Crippen LogP contribution in [0.15, 0.2) is 47.5 Å². The predicted molar refractivity (Wildman–Crippen MR) is 123 cm³/mol. The first-order chi connectivity index (χ1) is 15.0. The summed E-state index contributed by atoms with van der Waals surface area (Å²) < 4.78 is 5.22. The maximum atomic E-state index is 13.2. The standard InChI is InChI=1S/C22H25N5O3S/c1-13-4-5-15(10-14(13)2)24-19(28)12-31-22-25-20-18(11-23-26-20)21(29)27(22)16-6-8-17(30-3)9-7-16/h4-10,18,20,23,26H,11-12H2,1-3H3,(H,24,28). The van der Waals surface area contributed by atoms with E-state index in [4.69, 9.17) is 9.73 Å². The van der Waals surface area contributed by atoms with Crippen LogP contribution in [0.25, 0.3) is 0 Å². The van der Waals surface area contributed by atoms with Crippen molar-refractivity contribution in [1.29, 1.82) is 0 Å². The molecule has 1 fully saturated rings. The van der Waals surface area contributed by atoms with E-state index in [1.165, 1.54) is 17.3 Å². The second kappa shape index (κ2) is 9.09. The molecule has 8 nitrogen and oxygen atoms in total. The van der Waals surface area contributed by atoms with Gasteiger partial charge in [-0.25, -0.2) is 10.4 Å². The van der Waals surface area contributed by atoms with E-state index in [1.807, 2.05) is 44.2 Å². The van der Waals surface area contributed by atoms with E-state index in [0.29, 0.717) is 23.1 Å². The number of nitrogens with one attached hydrogen (secondary N) is 3. The number of hydrogen-bond donors (Lipinski definition) is 3. The number of benzene rings is 2. The van der Waals surface area contributed by atoms with Crippen molar-refractivity contribution in [2.75, 3.05) is 29.6 Å². The van der Waals surface area contributed by atoms with E-state index >= 15 is 0 Å². The summed E-state index contributed by atoms with van der Waals surface area (Å²) >= 11 is 1.24. The van der Waals surface area contributed by atoms with Gasteiger partial charge in [0.25, 0.3) is 0 Å². The fourth-order valence-corrected chi connectivity index (χ4v) is 4.33. The Morgan fingerprint density at radius 2 is 2.00 bits per heavy atom. The molecule has 3 N–H and O–H groups in total. The number of aryl methyl sites for hydroxylation is 2. The molecule has 0 spiro atoms. The minimum absolute atomic E-state index is 0.0558. The largest absolute Gasteiger partial charge is 0.497 e. The number of carbonyl (C=O) groups is 2. The number of carbonyl (C=O) groups excluding carboxylic acids is 2. The van der Waals surface area contributed by atoms with Crippen LogP contribution in [-0.4, -0.2) is 42.6 Å². The molecule has 2 unspecified atom stereocenters. The van der Waals surface area contributed by atoms with Crippen LogP contribution >= 0.6 is 11.8 Å². The first-order valence-corrected chi connectivity index (χ1v) is 11.0. The first-order valence-electron chi connectivity index (χ1n) is 10.0. The number of methoxy groups -OCH3 is 1. The maximum Gasteiger partial charge on any atom is 0.241 e. The van der Waals surface area contributed by atoms with E-state index in [0.717, 1.165) is 11.3 Å². The van der Waals surface area contributed by atoms with Gasteiger partial charge in [0, 0.05) is 12.2 Å². The zero-order chi connectivity index (χ0) is 22.0. The SMILES string of the molecule is COc1ccc(N2C(=O)C3CNNC3N=C2SCC(=O)Nc2ccc(C)c(C)c2)cc1. The summed E-state index contributed by atoms with van der Waals surface area (Å²) in [6.45, 7) is 4.54. The topological polar surface area (TPSA) is 95.1 Å². The molecule has 162 valence electrons. The second-order valence-electron chi connectivity index (χ2n) is 7.50. The highest BCUT2D eigenvalue weighted by Crippen LogP contribution is 2.30. The average molecular weight is 440 g/mol. The normalized spacial score (nSPS) is 20.3. The van der Waals surface area contributed by atoms with Crippen molar-refractivity contribution in [3.63, 3.8) is 0 Å². The minimum Gasteiger partial charge on any atom is -0.497 e. The number of hydrazine groups is 1. The van der Waals surface area contributed by atoms with E-state index < -0.39 is 0 Å². The Labute approximate surface area is 185 Å². The molecular weight excluding hydrogens is 414 g/mol. The Balaban J connectivity index is 1.51. The van der Waals surface area contributed by atoms with Crippen LogP contribution in [0.3, 0.4) is 0 Å². The monoisotopic (exact) mass is 439 g/mol. The number of ether oxygens (including phenoxy) is 1. The lowest BCUT2D eigenvalue weighted by atomic mass is 10.0. The van der Waals surface area contributed by atoms with Crippen LogP contribution < -0.4 is 25.8 Å². The minimum atomic E-state index is -0.340. The average Bonchev–Trinajstić information content (AvgIpc) is 3.24. The molecule has 2 aliphatic rings.